The third kappa shape index (κ3) is 1.66. The van der Waals surface area contributed by atoms with Crippen LogP contribution in [0.5, 0.6) is 0 Å². The minimum absolute atomic E-state index is 0.785. The number of halogens is 1. The first kappa shape index (κ1) is 9.29. The van der Waals surface area contributed by atoms with Gasteiger partial charge in [0.15, 0.2) is 0 Å². The first-order valence-electron chi connectivity index (χ1n) is 4.51. The maximum atomic E-state index is 6.14. The Morgan fingerprint density at radius 3 is 2.43 bits per heavy atom. The van der Waals surface area contributed by atoms with Gasteiger partial charge in [-0.25, -0.2) is 0 Å². The first-order valence-corrected chi connectivity index (χ1v) is 4.89. The summed E-state index contributed by atoms with van der Waals surface area (Å²) in [5.41, 5.74) is 3.31. The Balaban J connectivity index is 2.63. The summed E-state index contributed by atoms with van der Waals surface area (Å²) in [4.78, 5) is 0. The second-order valence-electron chi connectivity index (χ2n) is 3.19. The average Bonchev–Trinajstić information content (AvgIpc) is 2.19. The highest BCUT2D eigenvalue weighted by atomic mass is 35.5. The fourth-order valence-corrected chi connectivity index (χ4v) is 1.85. The molecule has 0 spiro atoms. The summed E-state index contributed by atoms with van der Waals surface area (Å²) in [6, 6.07) is 17.0. The van der Waals surface area contributed by atoms with Crippen LogP contribution in [0.1, 0.15) is 5.56 Å². The van der Waals surface area contributed by atoms with Crippen LogP contribution >= 0.6 is 11.6 Å². The standard InChI is InChI=1S/C13H10Cl/c1-10-6-5-9-12(14)13(10)11-7-3-2-4-8-11/h2-5,7-9H,1H3. The molecule has 2 aromatic rings. The second kappa shape index (κ2) is 3.85. The average molecular weight is 202 g/mol. The lowest BCUT2D eigenvalue weighted by Crippen LogP contribution is -1.84. The summed E-state index contributed by atoms with van der Waals surface area (Å²) < 4.78 is 0. The fourth-order valence-electron chi connectivity index (χ4n) is 1.53. The predicted molar refractivity (Wildman–Crippen MR) is 60.5 cm³/mol. The van der Waals surface area contributed by atoms with E-state index in [-0.39, 0.29) is 0 Å². The van der Waals surface area contributed by atoms with Gasteiger partial charge < -0.3 is 0 Å². The molecule has 0 aliphatic rings. The topological polar surface area (TPSA) is 0 Å². The lowest BCUT2D eigenvalue weighted by atomic mass is 10.0. The Kier molecular flexibility index (Phi) is 2.55. The Labute approximate surface area is 89.2 Å². The maximum Gasteiger partial charge on any atom is 0.0487 e. The molecule has 0 aliphatic heterocycles. The van der Waals surface area contributed by atoms with E-state index in [4.69, 9.17) is 11.6 Å². The molecule has 69 valence electrons. The quantitative estimate of drug-likeness (QED) is 0.651. The number of hydrogen-bond donors (Lipinski definition) is 0. The molecule has 0 aromatic heterocycles. The van der Waals surface area contributed by atoms with Crippen molar-refractivity contribution in [3.05, 3.63) is 59.1 Å². The van der Waals surface area contributed by atoms with Crippen LogP contribution in [-0.2, 0) is 0 Å². The molecule has 0 fully saturated rings. The number of hydrogen-bond acceptors (Lipinski definition) is 0. The molecular weight excluding hydrogens is 192 g/mol. The molecule has 0 bridgehead atoms. The van der Waals surface area contributed by atoms with Gasteiger partial charge in [-0.2, -0.15) is 0 Å². The van der Waals surface area contributed by atoms with Crippen molar-refractivity contribution in [1.82, 2.24) is 0 Å². The van der Waals surface area contributed by atoms with Gasteiger partial charge in [-0.3, -0.25) is 0 Å². The van der Waals surface area contributed by atoms with Crippen molar-refractivity contribution in [2.24, 2.45) is 0 Å². The highest BCUT2D eigenvalue weighted by Gasteiger charge is 2.05. The third-order valence-electron chi connectivity index (χ3n) is 2.21. The third-order valence-corrected chi connectivity index (χ3v) is 2.52. The molecule has 2 aromatic carbocycles. The minimum atomic E-state index is 0.785. The highest BCUT2D eigenvalue weighted by Crippen LogP contribution is 2.30. The van der Waals surface area contributed by atoms with Crippen molar-refractivity contribution in [3.8, 4) is 11.1 Å². The van der Waals surface area contributed by atoms with Gasteiger partial charge in [0.25, 0.3) is 0 Å². The molecule has 0 unspecified atom stereocenters. The van der Waals surface area contributed by atoms with E-state index < -0.39 is 0 Å². The van der Waals surface area contributed by atoms with Crippen molar-refractivity contribution >= 4 is 11.6 Å². The lowest BCUT2D eigenvalue weighted by molar-refractivity contribution is 1.45. The molecule has 0 amide bonds. The maximum absolute atomic E-state index is 6.14. The van der Waals surface area contributed by atoms with Crippen LogP contribution in [0.15, 0.2) is 42.5 Å². The van der Waals surface area contributed by atoms with Gasteiger partial charge in [0.05, 0.1) is 0 Å². The van der Waals surface area contributed by atoms with Crippen molar-refractivity contribution in [2.45, 2.75) is 6.92 Å². The van der Waals surface area contributed by atoms with Crippen LogP contribution in [0, 0.1) is 13.0 Å². The molecule has 0 N–H and O–H groups in total. The van der Waals surface area contributed by atoms with E-state index in [0.29, 0.717) is 0 Å². The molecule has 14 heavy (non-hydrogen) atoms. The zero-order valence-corrected chi connectivity index (χ0v) is 8.68. The molecule has 0 nitrogen and oxygen atoms in total. The molecular formula is C13H10Cl. The van der Waals surface area contributed by atoms with E-state index >= 15 is 0 Å². The molecule has 0 aliphatic carbocycles. The molecule has 2 rings (SSSR count). The van der Waals surface area contributed by atoms with Crippen LogP contribution in [0.2, 0.25) is 5.02 Å². The Hall–Kier alpha value is -1.27. The summed E-state index contributed by atoms with van der Waals surface area (Å²) >= 11 is 6.14. The largest absolute Gasteiger partial charge is 0.0837 e. The SMILES string of the molecule is Cc1[c]ccc(Cl)c1-c1ccccc1. The zero-order valence-electron chi connectivity index (χ0n) is 7.92. The smallest absolute Gasteiger partial charge is 0.0487 e. The molecule has 1 heteroatoms. The van der Waals surface area contributed by atoms with E-state index in [1.54, 1.807) is 0 Å². The molecule has 0 atom stereocenters. The summed E-state index contributed by atoms with van der Waals surface area (Å²) in [5, 5.41) is 0.785. The van der Waals surface area contributed by atoms with Gasteiger partial charge in [0.2, 0.25) is 0 Å². The van der Waals surface area contributed by atoms with Crippen LogP contribution < -0.4 is 0 Å². The monoisotopic (exact) mass is 201 g/mol. The van der Waals surface area contributed by atoms with Crippen LogP contribution in [0.4, 0.5) is 0 Å². The molecule has 0 saturated heterocycles. The molecule has 0 heterocycles. The van der Waals surface area contributed by atoms with Crippen molar-refractivity contribution in [3.63, 3.8) is 0 Å². The van der Waals surface area contributed by atoms with Crippen LogP contribution in [-0.4, -0.2) is 0 Å². The summed E-state index contributed by atoms with van der Waals surface area (Å²) in [6.45, 7) is 2.02. The Morgan fingerprint density at radius 2 is 1.79 bits per heavy atom. The van der Waals surface area contributed by atoms with E-state index in [0.717, 1.165) is 21.7 Å². The normalized spacial score (nSPS) is 10.1. The van der Waals surface area contributed by atoms with E-state index in [9.17, 15) is 0 Å². The van der Waals surface area contributed by atoms with Gasteiger partial charge in [0, 0.05) is 10.6 Å². The summed E-state index contributed by atoms with van der Waals surface area (Å²) in [7, 11) is 0. The Bertz CT molecular complexity index is 412. The molecule has 0 saturated carbocycles. The van der Waals surface area contributed by atoms with Gasteiger partial charge >= 0.3 is 0 Å². The predicted octanol–water partition coefficient (Wildman–Crippen LogP) is 4.12. The van der Waals surface area contributed by atoms with Gasteiger partial charge in [-0.05, 0) is 30.2 Å². The van der Waals surface area contributed by atoms with Crippen molar-refractivity contribution < 1.29 is 0 Å². The minimum Gasteiger partial charge on any atom is -0.0837 e. The Morgan fingerprint density at radius 1 is 1.07 bits per heavy atom. The van der Waals surface area contributed by atoms with Gasteiger partial charge in [-0.1, -0.05) is 48.0 Å². The van der Waals surface area contributed by atoms with E-state index in [2.05, 4.69) is 18.2 Å². The number of rotatable bonds is 1. The number of benzene rings is 2. The van der Waals surface area contributed by atoms with Crippen LogP contribution in [0.3, 0.4) is 0 Å². The fraction of sp³-hybridized carbons (Fsp3) is 0.0769. The number of aryl methyl sites for hydroxylation is 1. The first-order chi connectivity index (χ1) is 6.79. The summed E-state index contributed by atoms with van der Waals surface area (Å²) in [6.07, 6.45) is 0. The lowest BCUT2D eigenvalue weighted by Gasteiger charge is -2.07. The van der Waals surface area contributed by atoms with Crippen molar-refractivity contribution in [1.29, 1.82) is 0 Å². The van der Waals surface area contributed by atoms with Gasteiger partial charge in [-0.15, -0.1) is 0 Å². The zero-order chi connectivity index (χ0) is 9.97. The highest BCUT2D eigenvalue weighted by molar-refractivity contribution is 6.33. The molecule has 1 radical (unpaired) electrons. The second-order valence-corrected chi connectivity index (χ2v) is 3.60. The van der Waals surface area contributed by atoms with Crippen LogP contribution in [0.25, 0.3) is 11.1 Å². The van der Waals surface area contributed by atoms with Crippen molar-refractivity contribution in [2.75, 3.05) is 0 Å². The van der Waals surface area contributed by atoms with Gasteiger partial charge in [0.1, 0.15) is 0 Å². The summed E-state index contributed by atoms with van der Waals surface area (Å²) in [5.74, 6) is 0. The van der Waals surface area contributed by atoms with E-state index in [1.807, 2.05) is 37.3 Å². The van der Waals surface area contributed by atoms with E-state index in [1.165, 1.54) is 0 Å².